The van der Waals surface area contributed by atoms with Crippen LogP contribution in [0.2, 0.25) is 5.02 Å². The second-order valence-corrected chi connectivity index (χ2v) is 6.25. The second kappa shape index (κ2) is 7.61. The van der Waals surface area contributed by atoms with E-state index in [1.165, 1.54) is 0 Å². The van der Waals surface area contributed by atoms with E-state index < -0.39 is 11.8 Å². The summed E-state index contributed by atoms with van der Waals surface area (Å²) in [5.74, 6) is -1.14. The monoisotopic (exact) mass is 324 g/mol. The standard InChI is InChI=1S/C16H21ClN2O3/c1-10-5-6-12(17)8-14(10)19-16(22)15(21)18-9-11-3-2-4-13(20)7-11/h5-6,8,11,13,20H,2-4,7,9H2,1H3,(H,18,21)(H,19,22). The average Bonchev–Trinajstić information content (AvgIpc) is 2.48. The van der Waals surface area contributed by atoms with Gasteiger partial charge in [0.1, 0.15) is 0 Å². The van der Waals surface area contributed by atoms with Gasteiger partial charge in [0.2, 0.25) is 0 Å². The van der Waals surface area contributed by atoms with Gasteiger partial charge >= 0.3 is 11.8 Å². The Balaban J connectivity index is 1.84. The Hall–Kier alpha value is -1.59. The van der Waals surface area contributed by atoms with E-state index in [9.17, 15) is 14.7 Å². The molecule has 0 aromatic heterocycles. The third kappa shape index (κ3) is 4.71. The number of carbonyl (C=O) groups is 2. The van der Waals surface area contributed by atoms with Gasteiger partial charge in [-0.2, -0.15) is 0 Å². The second-order valence-electron chi connectivity index (χ2n) is 5.81. The van der Waals surface area contributed by atoms with Crippen LogP contribution in [-0.2, 0) is 9.59 Å². The first-order valence-corrected chi connectivity index (χ1v) is 7.87. The van der Waals surface area contributed by atoms with Crippen molar-refractivity contribution in [3.05, 3.63) is 28.8 Å². The highest BCUT2D eigenvalue weighted by atomic mass is 35.5. The normalized spacial score (nSPS) is 21.2. The van der Waals surface area contributed by atoms with Crippen LogP contribution in [0.15, 0.2) is 18.2 Å². The highest BCUT2D eigenvalue weighted by molar-refractivity contribution is 6.40. The van der Waals surface area contributed by atoms with Crippen molar-refractivity contribution in [1.29, 1.82) is 0 Å². The number of anilines is 1. The number of nitrogens with one attached hydrogen (secondary N) is 2. The molecule has 0 bridgehead atoms. The molecule has 5 nitrogen and oxygen atoms in total. The zero-order chi connectivity index (χ0) is 16.1. The first-order valence-electron chi connectivity index (χ1n) is 7.49. The smallest absolute Gasteiger partial charge is 0.313 e. The summed E-state index contributed by atoms with van der Waals surface area (Å²) >= 11 is 5.88. The minimum atomic E-state index is -0.707. The van der Waals surface area contributed by atoms with Crippen molar-refractivity contribution in [2.75, 3.05) is 11.9 Å². The van der Waals surface area contributed by atoms with Crippen LogP contribution < -0.4 is 10.6 Å². The Bertz CT molecular complexity index is 562. The van der Waals surface area contributed by atoms with Crippen molar-refractivity contribution in [1.82, 2.24) is 5.32 Å². The maximum Gasteiger partial charge on any atom is 0.313 e. The predicted octanol–water partition coefficient (Wildman–Crippen LogP) is 2.25. The number of aryl methyl sites for hydroxylation is 1. The van der Waals surface area contributed by atoms with Gasteiger partial charge in [-0.1, -0.05) is 24.1 Å². The van der Waals surface area contributed by atoms with Gasteiger partial charge < -0.3 is 15.7 Å². The molecule has 1 aliphatic carbocycles. The molecule has 2 atom stereocenters. The molecular formula is C16H21ClN2O3. The molecule has 2 rings (SSSR count). The molecule has 1 aliphatic rings. The van der Waals surface area contributed by atoms with E-state index in [1.54, 1.807) is 18.2 Å². The molecule has 22 heavy (non-hydrogen) atoms. The lowest BCUT2D eigenvalue weighted by Gasteiger charge is -2.25. The fourth-order valence-corrected chi connectivity index (χ4v) is 2.85. The highest BCUT2D eigenvalue weighted by Gasteiger charge is 2.22. The van der Waals surface area contributed by atoms with Gasteiger partial charge in [-0.15, -0.1) is 0 Å². The minimum absolute atomic E-state index is 0.230. The van der Waals surface area contributed by atoms with Crippen LogP contribution in [0.4, 0.5) is 5.69 Å². The summed E-state index contributed by atoms with van der Waals surface area (Å²) < 4.78 is 0. The van der Waals surface area contributed by atoms with Crippen LogP contribution >= 0.6 is 11.6 Å². The Kier molecular flexibility index (Phi) is 5.80. The minimum Gasteiger partial charge on any atom is -0.393 e. The van der Waals surface area contributed by atoms with Crippen LogP contribution in [0.3, 0.4) is 0 Å². The van der Waals surface area contributed by atoms with E-state index >= 15 is 0 Å². The number of aliphatic hydroxyl groups excluding tert-OH is 1. The summed E-state index contributed by atoms with van der Waals surface area (Å²) in [6.07, 6.45) is 3.12. The van der Waals surface area contributed by atoms with E-state index in [1.807, 2.05) is 6.92 Å². The number of hydrogen-bond donors (Lipinski definition) is 3. The third-order valence-corrected chi connectivity index (χ3v) is 4.20. The molecule has 1 aromatic rings. The molecule has 1 aromatic carbocycles. The molecule has 2 amide bonds. The molecule has 0 heterocycles. The van der Waals surface area contributed by atoms with Crippen molar-refractivity contribution in [3.63, 3.8) is 0 Å². The lowest BCUT2D eigenvalue weighted by Crippen LogP contribution is -2.39. The van der Waals surface area contributed by atoms with Gasteiger partial charge in [-0.05, 0) is 49.8 Å². The molecule has 0 aliphatic heterocycles. The van der Waals surface area contributed by atoms with Crippen molar-refractivity contribution < 1.29 is 14.7 Å². The molecule has 3 N–H and O–H groups in total. The first kappa shape index (κ1) is 16.8. The molecule has 0 spiro atoms. The van der Waals surface area contributed by atoms with Crippen LogP contribution in [0, 0.1) is 12.8 Å². The predicted molar refractivity (Wildman–Crippen MR) is 85.8 cm³/mol. The summed E-state index contributed by atoms with van der Waals surface area (Å²) in [7, 11) is 0. The number of benzene rings is 1. The molecule has 2 unspecified atom stereocenters. The summed E-state index contributed by atoms with van der Waals surface area (Å²) in [5, 5.41) is 15.3. The molecule has 120 valence electrons. The van der Waals surface area contributed by atoms with Crippen LogP contribution in [0.5, 0.6) is 0 Å². The fraction of sp³-hybridized carbons (Fsp3) is 0.500. The van der Waals surface area contributed by atoms with Gasteiger partial charge in [-0.25, -0.2) is 0 Å². The third-order valence-electron chi connectivity index (χ3n) is 3.96. The zero-order valence-electron chi connectivity index (χ0n) is 12.6. The van der Waals surface area contributed by atoms with Gasteiger partial charge in [0.05, 0.1) is 6.10 Å². The van der Waals surface area contributed by atoms with Crippen LogP contribution in [0.25, 0.3) is 0 Å². The Labute approximate surface area is 135 Å². The van der Waals surface area contributed by atoms with E-state index in [0.717, 1.165) is 24.8 Å². The number of halogens is 1. The molecular weight excluding hydrogens is 304 g/mol. The fourth-order valence-electron chi connectivity index (χ4n) is 2.67. The van der Waals surface area contributed by atoms with Gasteiger partial charge in [0.15, 0.2) is 0 Å². The lowest BCUT2D eigenvalue weighted by molar-refractivity contribution is -0.136. The van der Waals surface area contributed by atoms with Crippen molar-refractivity contribution in [3.8, 4) is 0 Å². The van der Waals surface area contributed by atoms with Gasteiger partial charge in [0.25, 0.3) is 0 Å². The Morgan fingerprint density at radius 1 is 1.32 bits per heavy atom. The number of hydrogen-bond acceptors (Lipinski definition) is 3. The number of aliphatic hydroxyl groups is 1. The summed E-state index contributed by atoms with van der Waals surface area (Å²) in [4.78, 5) is 23.7. The molecule has 6 heteroatoms. The maximum absolute atomic E-state index is 11.9. The topological polar surface area (TPSA) is 78.4 Å². The van der Waals surface area contributed by atoms with Crippen LogP contribution in [-0.4, -0.2) is 29.6 Å². The van der Waals surface area contributed by atoms with Gasteiger partial charge in [-0.3, -0.25) is 9.59 Å². The van der Waals surface area contributed by atoms with E-state index in [0.29, 0.717) is 23.7 Å². The summed E-state index contributed by atoms with van der Waals surface area (Å²) in [6, 6.07) is 5.11. The van der Waals surface area contributed by atoms with E-state index in [4.69, 9.17) is 11.6 Å². The van der Waals surface area contributed by atoms with E-state index in [2.05, 4.69) is 10.6 Å². The van der Waals surface area contributed by atoms with Crippen molar-refractivity contribution >= 4 is 29.1 Å². The molecule has 1 fully saturated rings. The largest absolute Gasteiger partial charge is 0.393 e. The van der Waals surface area contributed by atoms with Crippen molar-refractivity contribution in [2.24, 2.45) is 5.92 Å². The molecule has 0 saturated heterocycles. The first-order chi connectivity index (χ1) is 10.5. The molecule has 0 radical (unpaired) electrons. The maximum atomic E-state index is 11.9. The quantitative estimate of drug-likeness (QED) is 0.746. The van der Waals surface area contributed by atoms with E-state index in [-0.39, 0.29) is 12.0 Å². The lowest BCUT2D eigenvalue weighted by atomic mass is 9.87. The van der Waals surface area contributed by atoms with Crippen molar-refractivity contribution in [2.45, 2.75) is 38.7 Å². The Morgan fingerprint density at radius 2 is 2.09 bits per heavy atom. The molecule has 1 saturated carbocycles. The zero-order valence-corrected chi connectivity index (χ0v) is 13.3. The summed E-state index contributed by atoms with van der Waals surface area (Å²) in [6.45, 7) is 2.24. The number of amides is 2. The SMILES string of the molecule is Cc1ccc(Cl)cc1NC(=O)C(=O)NCC1CCCC(O)C1. The number of carbonyl (C=O) groups excluding carboxylic acids is 2. The number of rotatable bonds is 3. The van der Waals surface area contributed by atoms with Crippen LogP contribution in [0.1, 0.15) is 31.2 Å². The Morgan fingerprint density at radius 3 is 2.82 bits per heavy atom. The summed E-state index contributed by atoms with van der Waals surface area (Å²) in [5.41, 5.74) is 1.36. The average molecular weight is 325 g/mol. The van der Waals surface area contributed by atoms with Gasteiger partial charge in [0, 0.05) is 17.3 Å². The highest BCUT2D eigenvalue weighted by Crippen LogP contribution is 2.23.